The normalized spacial score (nSPS) is 41.8. The molecule has 0 spiro atoms. The van der Waals surface area contributed by atoms with Crippen LogP contribution in [0.15, 0.2) is 0 Å². The van der Waals surface area contributed by atoms with Crippen LogP contribution in [0.2, 0.25) is 0 Å². The van der Waals surface area contributed by atoms with E-state index in [9.17, 15) is 5.11 Å². The fourth-order valence-corrected chi connectivity index (χ4v) is 1.82. The van der Waals surface area contributed by atoms with E-state index in [1.807, 2.05) is 0 Å². The Morgan fingerprint density at radius 1 is 1.20 bits per heavy atom. The van der Waals surface area contributed by atoms with E-state index in [-0.39, 0.29) is 12.2 Å². The molecule has 90 valence electrons. The van der Waals surface area contributed by atoms with Crippen molar-refractivity contribution in [2.75, 3.05) is 27.9 Å². The molecule has 0 aromatic carbocycles. The Hall–Kier alpha value is -0.240. The van der Waals surface area contributed by atoms with E-state index < -0.39 is 18.4 Å². The van der Waals surface area contributed by atoms with E-state index in [0.717, 1.165) is 0 Å². The van der Waals surface area contributed by atoms with Gasteiger partial charge in [-0.05, 0) is 0 Å². The van der Waals surface area contributed by atoms with Crippen molar-refractivity contribution < 1.29 is 24.1 Å². The minimum Gasteiger partial charge on any atom is -0.382 e. The lowest BCUT2D eigenvalue weighted by Gasteiger charge is -2.42. The molecule has 0 radical (unpaired) electrons. The number of aliphatic hydroxyl groups excluding tert-OH is 1. The van der Waals surface area contributed by atoms with Crippen LogP contribution in [-0.2, 0) is 18.9 Å². The van der Waals surface area contributed by atoms with Crippen molar-refractivity contribution in [2.45, 2.75) is 30.6 Å². The molecule has 1 rings (SSSR count). The summed E-state index contributed by atoms with van der Waals surface area (Å²) in [5, 5.41) is 9.55. The van der Waals surface area contributed by atoms with Crippen LogP contribution >= 0.6 is 0 Å². The smallest absolute Gasteiger partial charge is 0.173 e. The highest BCUT2D eigenvalue weighted by Crippen LogP contribution is 2.22. The van der Waals surface area contributed by atoms with Gasteiger partial charge in [-0.15, -0.1) is 0 Å². The van der Waals surface area contributed by atoms with Gasteiger partial charge in [0.1, 0.15) is 18.3 Å². The molecule has 1 aliphatic heterocycles. The fraction of sp³-hybridized carbons (Fsp3) is 1.00. The van der Waals surface area contributed by atoms with Gasteiger partial charge >= 0.3 is 0 Å². The first kappa shape index (κ1) is 12.8. The Labute approximate surface area is 89.2 Å². The molecule has 1 aliphatic rings. The van der Waals surface area contributed by atoms with Crippen molar-refractivity contribution in [1.82, 2.24) is 0 Å². The Balaban J connectivity index is 2.73. The highest BCUT2D eigenvalue weighted by Gasteiger charge is 2.44. The maximum absolute atomic E-state index is 9.55. The predicted octanol–water partition coefficient (Wildman–Crippen LogP) is -1.29. The van der Waals surface area contributed by atoms with E-state index in [4.69, 9.17) is 24.7 Å². The van der Waals surface area contributed by atoms with Crippen LogP contribution < -0.4 is 5.73 Å². The molecule has 0 saturated carbocycles. The van der Waals surface area contributed by atoms with Gasteiger partial charge in [0, 0.05) is 21.3 Å². The van der Waals surface area contributed by atoms with Gasteiger partial charge in [-0.25, -0.2) is 0 Å². The van der Waals surface area contributed by atoms with E-state index in [1.165, 1.54) is 7.11 Å². The Kier molecular flexibility index (Phi) is 4.91. The molecule has 0 unspecified atom stereocenters. The van der Waals surface area contributed by atoms with Crippen LogP contribution in [0.4, 0.5) is 0 Å². The summed E-state index contributed by atoms with van der Waals surface area (Å²) in [5.41, 5.74) is 5.74. The lowest BCUT2D eigenvalue weighted by Crippen LogP contribution is -2.63. The molecule has 1 fully saturated rings. The van der Waals surface area contributed by atoms with Crippen molar-refractivity contribution in [1.29, 1.82) is 0 Å². The number of aliphatic hydroxyl groups is 1. The van der Waals surface area contributed by atoms with Crippen molar-refractivity contribution in [3.8, 4) is 0 Å². The molecule has 6 nitrogen and oxygen atoms in total. The van der Waals surface area contributed by atoms with E-state index in [0.29, 0.717) is 6.61 Å². The van der Waals surface area contributed by atoms with Crippen LogP contribution in [0.1, 0.15) is 0 Å². The first-order valence-corrected chi connectivity index (χ1v) is 4.79. The highest BCUT2D eigenvalue weighted by molar-refractivity contribution is 4.92. The van der Waals surface area contributed by atoms with Gasteiger partial charge in [0.25, 0.3) is 0 Å². The highest BCUT2D eigenvalue weighted by atomic mass is 16.6. The minimum absolute atomic E-state index is 0.322. The van der Waals surface area contributed by atoms with Crippen molar-refractivity contribution in [2.24, 2.45) is 5.73 Å². The molecule has 5 atom stereocenters. The first-order valence-electron chi connectivity index (χ1n) is 4.79. The molecular weight excluding hydrogens is 202 g/mol. The average molecular weight is 221 g/mol. The van der Waals surface area contributed by atoms with Gasteiger partial charge in [0.05, 0.1) is 12.6 Å². The maximum Gasteiger partial charge on any atom is 0.173 e. The van der Waals surface area contributed by atoms with Crippen LogP contribution in [0.3, 0.4) is 0 Å². The Morgan fingerprint density at radius 3 is 2.27 bits per heavy atom. The lowest BCUT2D eigenvalue weighted by atomic mass is 9.97. The molecule has 0 amide bonds. The van der Waals surface area contributed by atoms with Gasteiger partial charge in [-0.3, -0.25) is 0 Å². The van der Waals surface area contributed by atoms with Crippen LogP contribution in [0.25, 0.3) is 0 Å². The zero-order valence-electron chi connectivity index (χ0n) is 9.25. The number of rotatable bonds is 4. The standard InChI is InChI=1S/C9H19NO5/c1-12-4-5-7(13-2)8(14-3)6(10)9(11)15-5/h5-9,11H,4,10H2,1-3H3/t5-,6-,7-,8-,9-/m1/s1. The quantitative estimate of drug-likeness (QED) is 0.614. The Morgan fingerprint density at radius 2 is 1.80 bits per heavy atom. The summed E-state index contributed by atoms with van der Waals surface area (Å²) in [5.74, 6) is 0. The van der Waals surface area contributed by atoms with Crippen LogP contribution in [-0.4, -0.2) is 63.7 Å². The van der Waals surface area contributed by atoms with Crippen molar-refractivity contribution in [3.05, 3.63) is 0 Å². The van der Waals surface area contributed by atoms with Crippen LogP contribution in [0.5, 0.6) is 0 Å². The predicted molar refractivity (Wildman–Crippen MR) is 52.3 cm³/mol. The molecule has 15 heavy (non-hydrogen) atoms. The topological polar surface area (TPSA) is 83.2 Å². The number of nitrogens with two attached hydrogens (primary N) is 1. The summed E-state index contributed by atoms with van der Waals surface area (Å²) >= 11 is 0. The Bertz CT molecular complexity index is 191. The molecular formula is C9H19NO5. The molecule has 6 heteroatoms. The van der Waals surface area contributed by atoms with Crippen molar-refractivity contribution in [3.63, 3.8) is 0 Å². The van der Waals surface area contributed by atoms with Gasteiger partial charge in [0.2, 0.25) is 0 Å². The lowest BCUT2D eigenvalue weighted by molar-refractivity contribution is -0.259. The largest absolute Gasteiger partial charge is 0.382 e. The summed E-state index contributed by atoms with van der Waals surface area (Å²) in [6, 6.07) is -0.618. The van der Waals surface area contributed by atoms with Crippen molar-refractivity contribution >= 4 is 0 Å². The fourth-order valence-electron chi connectivity index (χ4n) is 1.82. The summed E-state index contributed by atoms with van der Waals surface area (Å²) in [7, 11) is 4.63. The summed E-state index contributed by atoms with van der Waals surface area (Å²) < 4.78 is 20.7. The summed E-state index contributed by atoms with van der Waals surface area (Å²) in [4.78, 5) is 0. The molecule has 0 aromatic rings. The van der Waals surface area contributed by atoms with Gasteiger partial charge in [-0.1, -0.05) is 0 Å². The second kappa shape index (κ2) is 5.74. The molecule has 0 aliphatic carbocycles. The number of methoxy groups -OCH3 is 3. The molecule has 0 aromatic heterocycles. The van der Waals surface area contributed by atoms with Gasteiger partial charge < -0.3 is 29.8 Å². The summed E-state index contributed by atoms with van der Waals surface area (Å²) in [6.45, 7) is 0.322. The third-order valence-electron chi connectivity index (χ3n) is 2.59. The molecule has 3 N–H and O–H groups in total. The minimum atomic E-state index is -1.05. The third kappa shape index (κ3) is 2.66. The van der Waals surface area contributed by atoms with Gasteiger partial charge in [-0.2, -0.15) is 0 Å². The molecule has 1 heterocycles. The third-order valence-corrected chi connectivity index (χ3v) is 2.59. The molecule has 0 bridgehead atoms. The SMILES string of the molecule is COC[C@H]1O[C@@H](O)[C@H](N)[C@@H](OC)[C@@H]1OC. The monoisotopic (exact) mass is 221 g/mol. The van der Waals surface area contributed by atoms with Crippen LogP contribution in [0, 0.1) is 0 Å². The number of hydrogen-bond donors (Lipinski definition) is 2. The second-order valence-corrected chi connectivity index (χ2v) is 3.50. The zero-order valence-corrected chi connectivity index (χ0v) is 9.25. The maximum atomic E-state index is 9.55. The average Bonchev–Trinajstić information content (AvgIpc) is 2.23. The summed E-state index contributed by atoms with van der Waals surface area (Å²) in [6.07, 6.45) is -2.17. The molecule has 1 saturated heterocycles. The zero-order chi connectivity index (χ0) is 11.4. The second-order valence-electron chi connectivity index (χ2n) is 3.50. The van der Waals surface area contributed by atoms with E-state index in [2.05, 4.69) is 0 Å². The van der Waals surface area contributed by atoms with Gasteiger partial charge in [0.15, 0.2) is 6.29 Å². The van der Waals surface area contributed by atoms with E-state index in [1.54, 1.807) is 14.2 Å². The number of hydrogen-bond acceptors (Lipinski definition) is 6. The van der Waals surface area contributed by atoms with E-state index >= 15 is 0 Å². The number of ether oxygens (including phenoxy) is 4. The first-order chi connectivity index (χ1) is 7.15.